The number of hydrogen-bond acceptors (Lipinski definition) is 4. The molecule has 144 valence electrons. The van der Waals surface area contributed by atoms with Crippen molar-refractivity contribution in [2.75, 3.05) is 52.5 Å². The number of aryl methyl sites for hydroxylation is 1. The summed E-state index contributed by atoms with van der Waals surface area (Å²) in [7, 11) is 0. The lowest BCUT2D eigenvalue weighted by atomic mass is 10.1. The smallest absolute Gasteiger partial charge is 0.191 e. The summed E-state index contributed by atoms with van der Waals surface area (Å²) >= 11 is 0. The van der Waals surface area contributed by atoms with Crippen LogP contribution >= 0.6 is 24.0 Å². The first-order chi connectivity index (χ1) is 11.8. The molecule has 0 bridgehead atoms. The molecule has 8 heteroatoms. The second-order valence-corrected chi connectivity index (χ2v) is 6.29. The minimum absolute atomic E-state index is 0. The average Bonchev–Trinajstić information content (AvgIpc) is 3.11. The molecule has 0 saturated carbocycles. The normalized spacial score (nSPS) is 17.0. The summed E-state index contributed by atoms with van der Waals surface area (Å²) in [6.07, 6.45) is 4.83. The van der Waals surface area contributed by atoms with Gasteiger partial charge in [-0.3, -0.25) is 14.6 Å². The van der Waals surface area contributed by atoms with E-state index >= 15 is 0 Å². The van der Waals surface area contributed by atoms with Gasteiger partial charge in [-0.2, -0.15) is 5.10 Å². The number of hydrogen-bond donors (Lipinski definition) is 2. The third-order valence-electron chi connectivity index (χ3n) is 3.99. The van der Waals surface area contributed by atoms with Gasteiger partial charge in [0.2, 0.25) is 0 Å². The third kappa shape index (κ3) is 9.41. The van der Waals surface area contributed by atoms with E-state index in [4.69, 9.17) is 9.73 Å². The number of aliphatic imine (C=N–C) groups is 1. The van der Waals surface area contributed by atoms with E-state index < -0.39 is 0 Å². The van der Waals surface area contributed by atoms with E-state index in [9.17, 15) is 0 Å². The van der Waals surface area contributed by atoms with Crippen molar-refractivity contribution in [3.8, 4) is 0 Å². The van der Waals surface area contributed by atoms with Crippen molar-refractivity contribution in [1.29, 1.82) is 0 Å². The second-order valence-electron chi connectivity index (χ2n) is 6.29. The van der Waals surface area contributed by atoms with Gasteiger partial charge in [0.15, 0.2) is 5.96 Å². The standard InChI is InChI=1S/C17H32N6O.HI/c1-3-18-17(19-6-4-8-23-9-5-7-21-23)20-14-16(2)15-22-10-12-24-13-11-22;/h5,7,9,16H,3-4,6,8,10-15H2,1-2H3,(H2,18,19,20);1H. The Morgan fingerprint density at radius 3 is 2.80 bits per heavy atom. The first-order valence-corrected chi connectivity index (χ1v) is 9.07. The Hall–Kier alpha value is -0.870. The van der Waals surface area contributed by atoms with Gasteiger partial charge in [-0.25, -0.2) is 0 Å². The predicted molar refractivity (Wildman–Crippen MR) is 113 cm³/mol. The summed E-state index contributed by atoms with van der Waals surface area (Å²) in [4.78, 5) is 7.19. The van der Waals surface area contributed by atoms with Gasteiger partial charge >= 0.3 is 0 Å². The van der Waals surface area contributed by atoms with Crippen LogP contribution in [0.25, 0.3) is 0 Å². The van der Waals surface area contributed by atoms with Gasteiger partial charge < -0.3 is 15.4 Å². The van der Waals surface area contributed by atoms with Crippen LogP contribution in [0.5, 0.6) is 0 Å². The number of guanidine groups is 1. The number of rotatable bonds is 9. The average molecular weight is 464 g/mol. The summed E-state index contributed by atoms with van der Waals surface area (Å²) in [5.74, 6) is 1.45. The van der Waals surface area contributed by atoms with E-state index in [0.717, 1.165) is 71.4 Å². The Balaban J connectivity index is 0.00000312. The molecule has 1 fully saturated rings. The van der Waals surface area contributed by atoms with Gasteiger partial charge in [-0.05, 0) is 25.3 Å². The van der Waals surface area contributed by atoms with Crippen molar-refractivity contribution < 1.29 is 4.74 Å². The SMILES string of the molecule is CCNC(=NCC(C)CN1CCOCC1)NCCCn1cccn1.I. The first kappa shape index (κ1) is 22.2. The zero-order valence-corrected chi connectivity index (χ0v) is 17.8. The Morgan fingerprint density at radius 1 is 1.32 bits per heavy atom. The molecule has 2 rings (SSSR count). The molecule has 1 aliphatic rings. The van der Waals surface area contributed by atoms with Crippen molar-refractivity contribution in [3.63, 3.8) is 0 Å². The van der Waals surface area contributed by atoms with Gasteiger partial charge in [0.05, 0.1) is 13.2 Å². The fourth-order valence-electron chi connectivity index (χ4n) is 2.75. The molecule has 2 heterocycles. The highest BCUT2D eigenvalue weighted by atomic mass is 127. The summed E-state index contributed by atoms with van der Waals surface area (Å²) in [5.41, 5.74) is 0. The molecule has 1 aromatic heterocycles. The second kappa shape index (κ2) is 13.3. The Morgan fingerprint density at radius 2 is 2.12 bits per heavy atom. The Bertz CT molecular complexity index is 462. The molecule has 0 aliphatic carbocycles. The Kier molecular flexibility index (Phi) is 11.8. The van der Waals surface area contributed by atoms with E-state index in [2.05, 4.69) is 34.5 Å². The quantitative estimate of drug-likeness (QED) is 0.251. The minimum atomic E-state index is 0. The largest absolute Gasteiger partial charge is 0.379 e. The number of nitrogens with zero attached hydrogens (tertiary/aromatic N) is 4. The molecule has 1 unspecified atom stereocenters. The first-order valence-electron chi connectivity index (χ1n) is 9.07. The minimum Gasteiger partial charge on any atom is -0.379 e. The molecule has 7 nitrogen and oxygen atoms in total. The van der Waals surface area contributed by atoms with E-state index in [1.54, 1.807) is 0 Å². The van der Waals surface area contributed by atoms with Crippen LogP contribution in [0.1, 0.15) is 20.3 Å². The lowest BCUT2D eigenvalue weighted by Gasteiger charge is -2.28. The summed E-state index contributed by atoms with van der Waals surface area (Å²) in [6.45, 7) is 12.8. The molecule has 1 atom stereocenters. The van der Waals surface area contributed by atoms with Gasteiger partial charge in [-0.15, -0.1) is 24.0 Å². The van der Waals surface area contributed by atoms with Crippen LogP contribution in [0.3, 0.4) is 0 Å². The van der Waals surface area contributed by atoms with Crippen molar-refractivity contribution in [1.82, 2.24) is 25.3 Å². The third-order valence-corrected chi connectivity index (χ3v) is 3.99. The molecule has 1 saturated heterocycles. The molecule has 0 amide bonds. The molecule has 1 aliphatic heterocycles. The highest BCUT2D eigenvalue weighted by molar-refractivity contribution is 14.0. The van der Waals surface area contributed by atoms with Crippen molar-refractivity contribution in [2.24, 2.45) is 10.9 Å². The maximum Gasteiger partial charge on any atom is 0.191 e. The van der Waals surface area contributed by atoms with Gasteiger partial charge in [0.25, 0.3) is 0 Å². The van der Waals surface area contributed by atoms with E-state index in [0.29, 0.717) is 5.92 Å². The van der Waals surface area contributed by atoms with Gasteiger partial charge in [-0.1, -0.05) is 6.92 Å². The number of halogens is 1. The van der Waals surface area contributed by atoms with Gasteiger partial charge in [0.1, 0.15) is 0 Å². The van der Waals surface area contributed by atoms with Crippen LogP contribution in [0, 0.1) is 5.92 Å². The predicted octanol–water partition coefficient (Wildman–Crippen LogP) is 1.41. The molecule has 0 aromatic carbocycles. The molecule has 1 aromatic rings. The van der Waals surface area contributed by atoms with Crippen LogP contribution in [0.4, 0.5) is 0 Å². The zero-order valence-electron chi connectivity index (χ0n) is 15.5. The lowest BCUT2D eigenvalue weighted by Crippen LogP contribution is -2.40. The molecule has 2 N–H and O–H groups in total. The number of aromatic nitrogens is 2. The summed E-state index contributed by atoms with van der Waals surface area (Å²) < 4.78 is 7.35. The molecule has 0 spiro atoms. The van der Waals surface area contributed by atoms with Crippen LogP contribution in [0.15, 0.2) is 23.5 Å². The maximum absolute atomic E-state index is 5.40. The van der Waals surface area contributed by atoms with Crippen molar-refractivity contribution in [3.05, 3.63) is 18.5 Å². The monoisotopic (exact) mass is 464 g/mol. The van der Waals surface area contributed by atoms with E-state index in [-0.39, 0.29) is 24.0 Å². The summed E-state index contributed by atoms with van der Waals surface area (Å²) in [5, 5.41) is 10.9. The Labute approximate surface area is 168 Å². The van der Waals surface area contributed by atoms with Crippen LogP contribution in [-0.2, 0) is 11.3 Å². The summed E-state index contributed by atoms with van der Waals surface area (Å²) in [6, 6.07) is 1.95. The van der Waals surface area contributed by atoms with Crippen LogP contribution in [-0.4, -0.2) is 73.1 Å². The number of nitrogens with one attached hydrogen (secondary N) is 2. The van der Waals surface area contributed by atoms with Crippen LogP contribution < -0.4 is 10.6 Å². The van der Waals surface area contributed by atoms with Crippen molar-refractivity contribution in [2.45, 2.75) is 26.8 Å². The van der Waals surface area contributed by atoms with Crippen molar-refractivity contribution >= 4 is 29.9 Å². The fraction of sp³-hybridized carbons (Fsp3) is 0.765. The number of morpholine rings is 1. The highest BCUT2D eigenvalue weighted by Gasteiger charge is 2.13. The molecule has 0 radical (unpaired) electrons. The zero-order chi connectivity index (χ0) is 17.0. The lowest BCUT2D eigenvalue weighted by molar-refractivity contribution is 0.0323. The van der Waals surface area contributed by atoms with Gasteiger partial charge in [0, 0.05) is 58.2 Å². The molecular formula is C17H33IN6O. The van der Waals surface area contributed by atoms with E-state index in [1.807, 2.05) is 23.1 Å². The fourth-order valence-corrected chi connectivity index (χ4v) is 2.75. The molecular weight excluding hydrogens is 431 g/mol. The highest BCUT2D eigenvalue weighted by Crippen LogP contribution is 2.03. The molecule has 25 heavy (non-hydrogen) atoms. The van der Waals surface area contributed by atoms with E-state index in [1.165, 1.54) is 0 Å². The van der Waals surface area contributed by atoms with Crippen LogP contribution in [0.2, 0.25) is 0 Å². The number of ether oxygens (including phenoxy) is 1. The topological polar surface area (TPSA) is 66.7 Å². The maximum atomic E-state index is 5.40.